The quantitative estimate of drug-likeness (QED) is 0.717. The van der Waals surface area contributed by atoms with E-state index in [1.165, 1.54) is 6.20 Å². The summed E-state index contributed by atoms with van der Waals surface area (Å²) >= 11 is 0. The lowest BCUT2D eigenvalue weighted by Crippen LogP contribution is -2.49. The Morgan fingerprint density at radius 2 is 2.22 bits per heavy atom. The minimum absolute atomic E-state index is 0.157. The number of carboxylic acids is 1. The number of carbonyl (C=O) groups excluding carboxylic acids is 1. The molecule has 2 rings (SSSR count). The van der Waals surface area contributed by atoms with Crippen molar-refractivity contribution in [1.29, 1.82) is 0 Å². The van der Waals surface area contributed by atoms with Crippen LogP contribution in [0.3, 0.4) is 0 Å². The van der Waals surface area contributed by atoms with Crippen LogP contribution < -0.4 is 10.6 Å². The summed E-state index contributed by atoms with van der Waals surface area (Å²) in [5.74, 6) is -0.300. The van der Waals surface area contributed by atoms with Gasteiger partial charge in [-0.2, -0.15) is 0 Å². The number of urea groups is 1. The number of hydrogen-bond donors (Lipinski definition) is 3. The molecular weight excluding hydrogens is 238 g/mol. The van der Waals surface area contributed by atoms with Crippen molar-refractivity contribution in [3.63, 3.8) is 0 Å². The average Bonchev–Trinajstić information content (AvgIpc) is 2.77. The number of nitrogens with zero attached hydrogens (tertiary/aromatic N) is 1. The molecule has 1 fully saturated rings. The highest BCUT2D eigenvalue weighted by molar-refractivity contribution is 5.78. The maximum Gasteiger partial charge on any atom is 0.315 e. The molecule has 1 aliphatic carbocycles. The summed E-state index contributed by atoms with van der Waals surface area (Å²) in [6.07, 6.45) is 3.62. The Balaban J connectivity index is 1.73. The van der Waals surface area contributed by atoms with E-state index >= 15 is 0 Å². The van der Waals surface area contributed by atoms with E-state index < -0.39 is 17.4 Å². The van der Waals surface area contributed by atoms with E-state index in [4.69, 9.17) is 9.63 Å². The van der Waals surface area contributed by atoms with Crippen molar-refractivity contribution < 1.29 is 19.2 Å². The zero-order chi connectivity index (χ0) is 13.0. The van der Waals surface area contributed by atoms with Gasteiger partial charge in [0.25, 0.3) is 0 Å². The van der Waals surface area contributed by atoms with Crippen LogP contribution in [-0.4, -0.2) is 28.8 Å². The Morgan fingerprint density at radius 3 is 2.72 bits per heavy atom. The van der Waals surface area contributed by atoms with Gasteiger partial charge in [-0.25, -0.2) is 4.79 Å². The molecule has 0 saturated heterocycles. The molecule has 3 N–H and O–H groups in total. The van der Waals surface area contributed by atoms with E-state index in [-0.39, 0.29) is 13.1 Å². The molecule has 18 heavy (non-hydrogen) atoms. The number of carbonyl (C=O) groups is 2. The van der Waals surface area contributed by atoms with Gasteiger partial charge in [-0.1, -0.05) is 11.6 Å². The normalized spacial score (nSPS) is 16.7. The van der Waals surface area contributed by atoms with E-state index in [1.54, 1.807) is 6.07 Å². The number of carboxylic acid groups (broad SMARTS) is 1. The summed E-state index contributed by atoms with van der Waals surface area (Å²) in [6.45, 7) is 0.385. The second-order valence-electron chi connectivity index (χ2n) is 4.45. The van der Waals surface area contributed by atoms with Crippen LogP contribution in [0.5, 0.6) is 0 Å². The first-order valence-electron chi connectivity index (χ1n) is 5.77. The Hall–Kier alpha value is -2.05. The SMILES string of the molecule is O=C(NCc1ccno1)NCC1(C(=O)O)CCC1. The molecule has 0 bridgehead atoms. The van der Waals surface area contributed by atoms with Crippen LogP contribution >= 0.6 is 0 Å². The third kappa shape index (κ3) is 2.61. The third-order valence-electron chi connectivity index (χ3n) is 3.27. The van der Waals surface area contributed by atoms with Gasteiger partial charge in [0.05, 0.1) is 18.2 Å². The van der Waals surface area contributed by atoms with E-state index in [0.29, 0.717) is 18.6 Å². The molecule has 1 aromatic heterocycles. The van der Waals surface area contributed by atoms with Crippen LogP contribution in [0.25, 0.3) is 0 Å². The van der Waals surface area contributed by atoms with E-state index in [2.05, 4.69) is 15.8 Å². The van der Waals surface area contributed by atoms with E-state index in [9.17, 15) is 9.59 Å². The van der Waals surface area contributed by atoms with Gasteiger partial charge in [0.15, 0.2) is 5.76 Å². The van der Waals surface area contributed by atoms with E-state index in [0.717, 1.165) is 6.42 Å². The fourth-order valence-electron chi connectivity index (χ4n) is 1.88. The smallest absolute Gasteiger partial charge is 0.315 e. The number of nitrogens with one attached hydrogen (secondary N) is 2. The molecule has 7 nitrogen and oxygen atoms in total. The number of rotatable bonds is 5. The summed E-state index contributed by atoms with van der Waals surface area (Å²) in [7, 11) is 0. The molecule has 1 aromatic rings. The summed E-state index contributed by atoms with van der Waals surface area (Å²) in [5, 5.41) is 17.7. The fourth-order valence-corrected chi connectivity index (χ4v) is 1.88. The first-order chi connectivity index (χ1) is 8.62. The maximum absolute atomic E-state index is 11.5. The Morgan fingerprint density at radius 1 is 1.44 bits per heavy atom. The van der Waals surface area contributed by atoms with Crippen LogP contribution in [0.4, 0.5) is 4.79 Å². The number of hydrogen-bond acceptors (Lipinski definition) is 4. The summed E-state index contributed by atoms with van der Waals surface area (Å²) in [5.41, 5.74) is -0.774. The van der Waals surface area contributed by atoms with Gasteiger partial charge in [0, 0.05) is 12.6 Å². The monoisotopic (exact) mass is 253 g/mol. The molecule has 0 atom stereocenters. The molecule has 1 aliphatic rings. The van der Waals surface area contributed by atoms with Crippen LogP contribution in [0.15, 0.2) is 16.8 Å². The average molecular weight is 253 g/mol. The summed E-state index contributed by atoms with van der Waals surface area (Å²) in [6, 6.07) is 1.24. The maximum atomic E-state index is 11.5. The van der Waals surface area contributed by atoms with Gasteiger partial charge in [0.2, 0.25) is 0 Å². The second-order valence-corrected chi connectivity index (χ2v) is 4.45. The lowest BCUT2D eigenvalue weighted by atomic mass is 9.69. The minimum Gasteiger partial charge on any atom is -0.481 e. The molecule has 0 aliphatic heterocycles. The van der Waals surface area contributed by atoms with Crippen molar-refractivity contribution in [2.75, 3.05) is 6.54 Å². The highest BCUT2D eigenvalue weighted by Crippen LogP contribution is 2.40. The molecule has 98 valence electrons. The van der Waals surface area contributed by atoms with Gasteiger partial charge in [0.1, 0.15) is 0 Å². The van der Waals surface area contributed by atoms with Crippen LogP contribution in [0, 0.1) is 5.41 Å². The van der Waals surface area contributed by atoms with Crippen molar-refractivity contribution >= 4 is 12.0 Å². The Labute approximate surface area is 104 Å². The van der Waals surface area contributed by atoms with Gasteiger partial charge in [-0.3, -0.25) is 4.79 Å². The molecule has 7 heteroatoms. The Kier molecular flexibility index (Phi) is 3.50. The van der Waals surface area contributed by atoms with Crippen molar-refractivity contribution in [2.45, 2.75) is 25.8 Å². The lowest BCUT2D eigenvalue weighted by Gasteiger charge is -2.37. The summed E-state index contributed by atoms with van der Waals surface area (Å²) in [4.78, 5) is 22.5. The first kappa shape index (κ1) is 12.4. The topological polar surface area (TPSA) is 104 Å². The van der Waals surface area contributed by atoms with Crippen LogP contribution in [-0.2, 0) is 11.3 Å². The fraction of sp³-hybridized carbons (Fsp3) is 0.545. The predicted octanol–water partition coefficient (Wildman–Crippen LogP) is 0.729. The number of amides is 2. The van der Waals surface area contributed by atoms with Crippen LogP contribution in [0.1, 0.15) is 25.0 Å². The lowest BCUT2D eigenvalue weighted by molar-refractivity contribution is -0.153. The van der Waals surface area contributed by atoms with Crippen molar-refractivity contribution in [3.05, 3.63) is 18.0 Å². The summed E-state index contributed by atoms with van der Waals surface area (Å²) < 4.78 is 4.81. The first-order valence-corrected chi connectivity index (χ1v) is 5.77. The highest BCUT2D eigenvalue weighted by atomic mass is 16.5. The zero-order valence-corrected chi connectivity index (χ0v) is 9.81. The van der Waals surface area contributed by atoms with Crippen LogP contribution in [0.2, 0.25) is 0 Å². The van der Waals surface area contributed by atoms with Gasteiger partial charge >= 0.3 is 12.0 Å². The Bertz CT molecular complexity index is 426. The molecule has 0 radical (unpaired) electrons. The molecule has 0 aromatic carbocycles. The zero-order valence-electron chi connectivity index (χ0n) is 9.81. The van der Waals surface area contributed by atoms with Crippen molar-refractivity contribution in [2.24, 2.45) is 5.41 Å². The highest BCUT2D eigenvalue weighted by Gasteiger charge is 2.44. The molecule has 1 saturated carbocycles. The van der Waals surface area contributed by atoms with Gasteiger partial charge < -0.3 is 20.3 Å². The number of aromatic nitrogens is 1. The number of aliphatic carboxylic acids is 1. The standard InChI is InChI=1S/C11H15N3O4/c15-9(16)11(3-1-4-11)7-13-10(17)12-6-8-2-5-14-18-8/h2,5H,1,3-4,6-7H2,(H,15,16)(H2,12,13,17). The van der Waals surface area contributed by atoms with Gasteiger partial charge in [-0.15, -0.1) is 0 Å². The van der Waals surface area contributed by atoms with Gasteiger partial charge in [-0.05, 0) is 12.8 Å². The van der Waals surface area contributed by atoms with Crippen molar-refractivity contribution in [3.8, 4) is 0 Å². The third-order valence-corrected chi connectivity index (χ3v) is 3.27. The van der Waals surface area contributed by atoms with E-state index in [1.807, 2.05) is 0 Å². The molecular formula is C11H15N3O4. The molecule has 1 heterocycles. The largest absolute Gasteiger partial charge is 0.481 e. The molecule has 0 spiro atoms. The minimum atomic E-state index is -0.843. The molecule has 0 unspecified atom stereocenters. The van der Waals surface area contributed by atoms with Crippen molar-refractivity contribution in [1.82, 2.24) is 15.8 Å². The second kappa shape index (κ2) is 5.07. The molecule has 2 amide bonds. The predicted molar refractivity (Wildman–Crippen MR) is 60.7 cm³/mol.